The molecule has 134 valence electrons. The lowest BCUT2D eigenvalue weighted by Gasteiger charge is -2.10. The molecule has 0 aliphatic heterocycles. The third-order valence-electron chi connectivity index (χ3n) is 3.75. The second-order valence-corrected chi connectivity index (χ2v) is 7.72. The minimum Gasteiger partial charge on any atom is -0.324 e. The minimum atomic E-state index is -0.0752. The lowest BCUT2D eigenvalue weighted by atomic mass is 10.3. The van der Waals surface area contributed by atoms with Crippen LogP contribution in [0.3, 0.4) is 0 Å². The van der Waals surface area contributed by atoms with Crippen molar-refractivity contribution in [2.24, 2.45) is 0 Å². The number of nitrogens with one attached hydrogen (secondary N) is 1. The lowest BCUT2D eigenvalue weighted by Crippen LogP contribution is -2.14. The van der Waals surface area contributed by atoms with Crippen molar-refractivity contribution in [3.63, 3.8) is 0 Å². The maximum Gasteiger partial charge on any atom is 0.234 e. The number of anilines is 1. The molecule has 2 heterocycles. The molecule has 0 radical (unpaired) electrons. The topological polar surface area (TPSA) is 59.3 Å². The second-order valence-electron chi connectivity index (χ2n) is 5.66. The molecule has 0 saturated heterocycles. The third-order valence-corrected chi connectivity index (χ3v) is 5.77. The van der Waals surface area contributed by atoms with Gasteiger partial charge >= 0.3 is 0 Å². The number of para-hydroxylation sites is 1. The second kappa shape index (κ2) is 8.28. The number of amides is 1. The molecule has 2 aromatic heterocycles. The quantitative estimate of drug-likeness (QED) is 0.486. The first-order chi connectivity index (χ1) is 13.3. The standard InChI is InChI=1S/C20H16N4OS2/c25-19(14-26-20-23-22-18-12-6-7-13-24(18)20)21-16-10-4-5-11-17(16)27-15-8-2-1-3-9-15/h1-13H,14H2,(H,21,25). The molecule has 0 spiro atoms. The molecular weight excluding hydrogens is 376 g/mol. The summed E-state index contributed by atoms with van der Waals surface area (Å²) < 4.78 is 1.87. The van der Waals surface area contributed by atoms with Crippen LogP contribution in [-0.4, -0.2) is 26.3 Å². The Hall–Kier alpha value is -2.77. The number of nitrogens with zero attached hydrogens (tertiary/aromatic N) is 3. The number of rotatable bonds is 6. The molecule has 27 heavy (non-hydrogen) atoms. The first-order valence-electron chi connectivity index (χ1n) is 8.34. The van der Waals surface area contributed by atoms with E-state index in [4.69, 9.17) is 0 Å². The predicted molar refractivity (Wildman–Crippen MR) is 109 cm³/mol. The van der Waals surface area contributed by atoms with Crippen molar-refractivity contribution >= 4 is 40.8 Å². The molecule has 5 nitrogen and oxygen atoms in total. The zero-order valence-corrected chi connectivity index (χ0v) is 15.9. The highest BCUT2D eigenvalue weighted by Gasteiger charge is 2.11. The van der Waals surface area contributed by atoms with E-state index in [-0.39, 0.29) is 11.7 Å². The van der Waals surface area contributed by atoms with Gasteiger partial charge in [-0.05, 0) is 36.4 Å². The maximum absolute atomic E-state index is 12.4. The molecule has 0 fully saturated rings. The summed E-state index contributed by atoms with van der Waals surface area (Å²) in [6, 6.07) is 23.6. The zero-order valence-electron chi connectivity index (χ0n) is 14.3. The molecule has 0 aliphatic carbocycles. The van der Waals surface area contributed by atoms with Crippen molar-refractivity contribution in [3.8, 4) is 0 Å². The summed E-state index contributed by atoms with van der Waals surface area (Å²) in [6.45, 7) is 0. The largest absolute Gasteiger partial charge is 0.324 e. The van der Waals surface area contributed by atoms with Crippen LogP contribution in [-0.2, 0) is 4.79 Å². The molecule has 0 unspecified atom stereocenters. The summed E-state index contributed by atoms with van der Waals surface area (Å²) in [4.78, 5) is 14.6. The van der Waals surface area contributed by atoms with E-state index in [0.29, 0.717) is 5.16 Å². The number of benzene rings is 2. The number of fused-ring (bicyclic) bond motifs is 1. The van der Waals surface area contributed by atoms with Gasteiger partial charge in [-0.25, -0.2) is 0 Å². The number of pyridine rings is 1. The van der Waals surface area contributed by atoms with Gasteiger partial charge in [-0.2, -0.15) is 0 Å². The summed E-state index contributed by atoms with van der Waals surface area (Å²) in [5.74, 6) is 0.189. The minimum absolute atomic E-state index is 0.0752. The number of carbonyl (C=O) groups is 1. The van der Waals surface area contributed by atoms with Crippen LogP contribution in [0, 0.1) is 0 Å². The zero-order chi connectivity index (χ0) is 18.5. The van der Waals surface area contributed by atoms with Crippen LogP contribution in [0.15, 0.2) is 93.9 Å². The van der Waals surface area contributed by atoms with Crippen LogP contribution in [0.25, 0.3) is 5.65 Å². The van der Waals surface area contributed by atoms with E-state index >= 15 is 0 Å². The Morgan fingerprint density at radius 1 is 0.926 bits per heavy atom. The molecule has 4 aromatic rings. The Kier molecular flexibility index (Phi) is 5.41. The Balaban J connectivity index is 1.42. The monoisotopic (exact) mass is 392 g/mol. The average Bonchev–Trinajstić information content (AvgIpc) is 3.12. The third kappa shape index (κ3) is 4.32. The SMILES string of the molecule is O=C(CSc1nnc2ccccn12)Nc1ccccc1Sc1ccccc1. The number of aromatic nitrogens is 3. The number of hydrogen-bond donors (Lipinski definition) is 1. The fourth-order valence-corrected chi connectivity index (χ4v) is 4.16. The van der Waals surface area contributed by atoms with Gasteiger partial charge in [0.1, 0.15) is 0 Å². The van der Waals surface area contributed by atoms with E-state index in [2.05, 4.69) is 27.6 Å². The molecule has 0 atom stereocenters. The molecule has 0 aliphatic rings. The van der Waals surface area contributed by atoms with Gasteiger partial charge in [0.05, 0.1) is 11.4 Å². The van der Waals surface area contributed by atoms with Crippen molar-refractivity contribution in [1.29, 1.82) is 0 Å². The average molecular weight is 393 g/mol. The summed E-state index contributed by atoms with van der Waals surface area (Å²) in [5, 5.41) is 11.9. The fourth-order valence-electron chi connectivity index (χ4n) is 2.51. The Morgan fingerprint density at radius 2 is 1.70 bits per heavy atom. The normalized spacial score (nSPS) is 10.8. The molecule has 1 amide bonds. The van der Waals surface area contributed by atoms with E-state index in [0.717, 1.165) is 21.1 Å². The highest BCUT2D eigenvalue weighted by Crippen LogP contribution is 2.33. The molecule has 0 bridgehead atoms. The van der Waals surface area contributed by atoms with Gasteiger partial charge in [0.15, 0.2) is 10.8 Å². The Morgan fingerprint density at radius 3 is 2.59 bits per heavy atom. The van der Waals surface area contributed by atoms with E-state index < -0.39 is 0 Å². The number of hydrogen-bond acceptors (Lipinski definition) is 5. The van der Waals surface area contributed by atoms with Gasteiger partial charge in [-0.15, -0.1) is 10.2 Å². The van der Waals surface area contributed by atoms with Gasteiger partial charge in [0, 0.05) is 16.0 Å². The lowest BCUT2D eigenvalue weighted by molar-refractivity contribution is -0.113. The van der Waals surface area contributed by atoms with Crippen molar-refractivity contribution in [3.05, 3.63) is 79.0 Å². The van der Waals surface area contributed by atoms with Crippen LogP contribution >= 0.6 is 23.5 Å². The molecule has 7 heteroatoms. The summed E-state index contributed by atoms with van der Waals surface area (Å²) in [7, 11) is 0. The highest BCUT2D eigenvalue weighted by atomic mass is 32.2. The van der Waals surface area contributed by atoms with Gasteiger partial charge in [0.2, 0.25) is 5.91 Å². The van der Waals surface area contributed by atoms with E-state index in [1.54, 1.807) is 11.8 Å². The Labute approximate surface area is 165 Å². The van der Waals surface area contributed by atoms with Crippen molar-refractivity contribution in [2.75, 3.05) is 11.1 Å². The molecule has 4 rings (SSSR count). The van der Waals surface area contributed by atoms with Gasteiger partial charge in [-0.1, -0.05) is 59.9 Å². The van der Waals surface area contributed by atoms with Gasteiger partial charge in [-0.3, -0.25) is 9.20 Å². The van der Waals surface area contributed by atoms with Crippen LogP contribution in [0.2, 0.25) is 0 Å². The van der Waals surface area contributed by atoms with Crippen molar-refractivity contribution in [1.82, 2.24) is 14.6 Å². The van der Waals surface area contributed by atoms with Crippen LogP contribution < -0.4 is 5.32 Å². The van der Waals surface area contributed by atoms with Crippen molar-refractivity contribution < 1.29 is 4.79 Å². The van der Waals surface area contributed by atoms with Crippen LogP contribution in [0.1, 0.15) is 0 Å². The first kappa shape index (κ1) is 17.6. The molecular formula is C20H16N4OS2. The van der Waals surface area contributed by atoms with E-state index in [1.807, 2.05) is 71.3 Å². The Bertz CT molecular complexity index is 1070. The predicted octanol–water partition coefficient (Wildman–Crippen LogP) is 4.61. The molecule has 0 saturated carbocycles. The van der Waals surface area contributed by atoms with Gasteiger partial charge in [0.25, 0.3) is 0 Å². The van der Waals surface area contributed by atoms with E-state index in [1.165, 1.54) is 11.8 Å². The summed E-state index contributed by atoms with van der Waals surface area (Å²) in [5.41, 5.74) is 1.58. The molecule has 1 N–H and O–H groups in total. The number of thioether (sulfide) groups is 1. The summed E-state index contributed by atoms with van der Waals surface area (Å²) >= 11 is 2.99. The number of carbonyl (C=O) groups excluding carboxylic acids is 1. The van der Waals surface area contributed by atoms with E-state index in [9.17, 15) is 4.79 Å². The summed E-state index contributed by atoms with van der Waals surface area (Å²) in [6.07, 6.45) is 1.89. The van der Waals surface area contributed by atoms with Crippen molar-refractivity contribution in [2.45, 2.75) is 14.9 Å². The van der Waals surface area contributed by atoms with Crippen LogP contribution in [0.5, 0.6) is 0 Å². The fraction of sp³-hybridized carbons (Fsp3) is 0.0500. The molecule has 2 aromatic carbocycles. The van der Waals surface area contributed by atoms with Crippen LogP contribution in [0.4, 0.5) is 5.69 Å². The highest BCUT2D eigenvalue weighted by molar-refractivity contribution is 8.00. The van der Waals surface area contributed by atoms with Gasteiger partial charge < -0.3 is 5.32 Å². The first-order valence-corrected chi connectivity index (χ1v) is 10.1. The maximum atomic E-state index is 12.4. The smallest absolute Gasteiger partial charge is 0.234 e.